The Bertz CT molecular complexity index is 253. The van der Waals surface area contributed by atoms with Gasteiger partial charge in [-0.3, -0.25) is 4.90 Å². The first-order chi connectivity index (χ1) is 7.73. The minimum Gasteiger partial charge on any atom is -0.323 e. The highest BCUT2D eigenvalue weighted by atomic mass is 15.3. The Hall–Kier alpha value is -0.0800. The summed E-state index contributed by atoms with van der Waals surface area (Å²) in [5, 5.41) is 0. The fourth-order valence-corrected chi connectivity index (χ4v) is 4.01. The van der Waals surface area contributed by atoms with Crippen molar-refractivity contribution in [2.45, 2.75) is 63.5 Å². The molecule has 3 fully saturated rings. The zero-order chi connectivity index (χ0) is 11.2. The average Bonchev–Trinajstić information content (AvgIpc) is 3.09. The van der Waals surface area contributed by atoms with Crippen molar-refractivity contribution in [2.24, 2.45) is 17.6 Å². The SMILES string of the molecule is CCC1CCCCC1N1CC(N)(C2CC2)C1. The van der Waals surface area contributed by atoms with Crippen LogP contribution in [0.4, 0.5) is 0 Å². The first-order valence-electron chi connectivity index (χ1n) is 7.26. The molecule has 16 heavy (non-hydrogen) atoms. The minimum absolute atomic E-state index is 0.218. The Morgan fingerprint density at radius 1 is 1.12 bits per heavy atom. The summed E-state index contributed by atoms with van der Waals surface area (Å²) < 4.78 is 0. The second-order valence-electron chi connectivity index (χ2n) is 6.43. The van der Waals surface area contributed by atoms with E-state index in [9.17, 15) is 0 Å². The standard InChI is InChI=1S/C14H26N2/c1-2-11-5-3-4-6-13(11)16-9-14(15,10-16)12-7-8-12/h11-13H,2-10,15H2,1H3. The largest absolute Gasteiger partial charge is 0.323 e. The lowest BCUT2D eigenvalue weighted by atomic mass is 9.77. The van der Waals surface area contributed by atoms with Crippen LogP contribution >= 0.6 is 0 Å². The van der Waals surface area contributed by atoms with Crippen LogP contribution in [0, 0.1) is 11.8 Å². The molecule has 1 aliphatic heterocycles. The number of rotatable bonds is 3. The molecule has 3 aliphatic rings. The highest BCUT2D eigenvalue weighted by Crippen LogP contribution is 2.45. The van der Waals surface area contributed by atoms with Gasteiger partial charge in [0.15, 0.2) is 0 Å². The predicted octanol–water partition coefficient (Wildman–Crippen LogP) is 2.38. The van der Waals surface area contributed by atoms with Gasteiger partial charge in [-0.2, -0.15) is 0 Å². The zero-order valence-electron chi connectivity index (χ0n) is 10.6. The van der Waals surface area contributed by atoms with Crippen molar-refractivity contribution in [3.05, 3.63) is 0 Å². The van der Waals surface area contributed by atoms with Crippen molar-refractivity contribution in [3.63, 3.8) is 0 Å². The van der Waals surface area contributed by atoms with Crippen LogP contribution in [0.15, 0.2) is 0 Å². The van der Waals surface area contributed by atoms with E-state index in [4.69, 9.17) is 5.73 Å². The summed E-state index contributed by atoms with van der Waals surface area (Å²) >= 11 is 0. The predicted molar refractivity (Wildman–Crippen MR) is 67.3 cm³/mol. The third-order valence-electron chi connectivity index (χ3n) is 5.25. The van der Waals surface area contributed by atoms with Crippen molar-refractivity contribution >= 4 is 0 Å². The van der Waals surface area contributed by atoms with Gasteiger partial charge in [-0.05, 0) is 37.5 Å². The van der Waals surface area contributed by atoms with Gasteiger partial charge in [0.05, 0.1) is 0 Å². The third kappa shape index (κ3) is 1.80. The molecule has 0 radical (unpaired) electrons. The molecule has 0 aromatic carbocycles. The number of nitrogens with zero attached hydrogens (tertiary/aromatic N) is 1. The van der Waals surface area contributed by atoms with Gasteiger partial charge in [-0.1, -0.05) is 26.2 Å². The van der Waals surface area contributed by atoms with Crippen molar-refractivity contribution in [2.75, 3.05) is 13.1 Å². The van der Waals surface area contributed by atoms with E-state index in [2.05, 4.69) is 11.8 Å². The smallest absolute Gasteiger partial charge is 0.0441 e. The van der Waals surface area contributed by atoms with Gasteiger partial charge < -0.3 is 5.73 Å². The molecule has 2 aliphatic carbocycles. The molecular weight excluding hydrogens is 196 g/mol. The van der Waals surface area contributed by atoms with Crippen molar-refractivity contribution in [1.29, 1.82) is 0 Å². The van der Waals surface area contributed by atoms with E-state index in [1.54, 1.807) is 0 Å². The van der Waals surface area contributed by atoms with Gasteiger partial charge in [-0.25, -0.2) is 0 Å². The van der Waals surface area contributed by atoms with Gasteiger partial charge in [0.25, 0.3) is 0 Å². The molecule has 2 unspecified atom stereocenters. The molecule has 0 aromatic heterocycles. The van der Waals surface area contributed by atoms with Crippen LogP contribution in [0.3, 0.4) is 0 Å². The molecule has 2 N–H and O–H groups in total. The van der Waals surface area contributed by atoms with Crippen LogP contribution in [-0.2, 0) is 0 Å². The lowest BCUT2D eigenvalue weighted by Crippen LogP contribution is -2.71. The Kier molecular flexibility index (Phi) is 2.75. The number of hydrogen-bond acceptors (Lipinski definition) is 2. The molecule has 1 heterocycles. The van der Waals surface area contributed by atoms with Gasteiger partial charge in [0.1, 0.15) is 0 Å². The first kappa shape index (κ1) is 11.0. The molecule has 0 bridgehead atoms. The molecule has 2 heteroatoms. The molecule has 92 valence electrons. The molecule has 0 amide bonds. The summed E-state index contributed by atoms with van der Waals surface area (Å²) in [5.74, 6) is 1.82. The maximum Gasteiger partial charge on any atom is 0.0441 e. The molecule has 2 saturated carbocycles. The monoisotopic (exact) mass is 222 g/mol. The normalized spacial score (nSPS) is 39.4. The van der Waals surface area contributed by atoms with E-state index in [-0.39, 0.29) is 5.54 Å². The maximum atomic E-state index is 6.45. The Morgan fingerprint density at radius 2 is 1.81 bits per heavy atom. The van der Waals surface area contributed by atoms with E-state index in [0.29, 0.717) is 0 Å². The second-order valence-corrected chi connectivity index (χ2v) is 6.43. The molecule has 3 rings (SSSR count). The van der Waals surface area contributed by atoms with Gasteiger partial charge in [0.2, 0.25) is 0 Å². The number of hydrogen-bond donors (Lipinski definition) is 1. The van der Waals surface area contributed by atoms with Gasteiger partial charge in [0, 0.05) is 24.7 Å². The number of likely N-dealkylation sites (tertiary alicyclic amines) is 1. The lowest BCUT2D eigenvalue weighted by molar-refractivity contribution is -0.0206. The van der Waals surface area contributed by atoms with Crippen molar-refractivity contribution in [3.8, 4) is 0 Å². The average molecular weight is 222 g/mol. The summed E-state index contributed by atoms with van der Waals surface area (Å²) in [6, 6.07) is 0.870. The van der Waals surface area contributed by atoms with Crippen LogP contribution in [0.5, 0.6) is 0 Å². The molecule has 2 nitrogen and oxygen atoms in total. The van der Waals surface area contributed by atoms with Gasteiger partial charge >= 0.3 is 0 Å². The Morgan fingerprint density at radius 3 is 2.44 bits per heavy atom. The van der Waals surface area contributed by atoms with Crippen molar-refractivity contribution in [1.82, 2.24) is 4.90 Å². The van der Waals surface area contributed by atoms with E-state index in [1.165, 1.54) is 58.0 Å². The summed E-state index contributed by atoms with van der Waals surface area (Å²) in [5.41, 5.74) is 6.67. The van der Waals surface area contributed by atoms with E-state index >= 15 is 0 Å². The van der Waals surface area contributed by atoms with E-state index < -0.39 is 0 Å². The van der Waals surface area contributed by atoms with Gasteiger partial charge in [-0.15, -0.1) is 0 Å². The zero-order valence-corrected chi connectivity index (χ0v) is 10.6. The quantitative estimate of drug-likeness (QED) is 0.794. The molecule has 1 saturated heterocycles. The van der Waals surface area contributed by atoms with Crippen LogP contribution in [0.2, 0.25) is 0 Å². The highest BCUT2D eigenvalue weighted by molar-refractivity contribution is 5.10. The topological polar surface area (TPSA) is 29.3 Å². The highest BCUT2D eigenvalue weighted by Gasteiger charge is 2.52. The summed E-state index contributed by atoms with van der Waals surface area (Å²) in [4.78, 5) is 2.70. The van der Waals surface area contributed by atoms with Crippen LogP contribution in [-0.4, -0.2) is 29.6 Å². The Labute approximate surface area is 99.6 Å². The van der Waals surface area contributed by atoms with Crippen LogP contribution < -0.4 is 5.73 Å². The van der Waals surface area contributed by atoms with Crippen LogP contribution in [0.1, 0.15) is 51.9 Å². The fraction of sp³-hybridized carbons (Fsp3) is 1.00. The first-order valence-corrected chi connectivity index (χ1v) is 7.26. The summed E-state index contributed by atoms with van der Waals surface area (Å²) in [7, 11) is 0. The third-order valence-corrected chi connectivity index (χ3v) is 5.25. The molecule has 0 spiro atoms. The summed E-state index contributed by atoms with van der Waals surface area (Å²) in [6.07, 6.45) is 9.94. The Balaban J connectivity index is 1.57. The minimum atomic E-state index is 0.218. The van der Waals surface area contributed by atoms with Crippen molar-refractivity contribution < 1.29 is 0 Å². The second kappa shape index (κ2) is 3.99. The molecular formula is C14H26N2. The molecule has 0 aromatic rings. The fourth-order valence-electron chi connectivity index (χ4n) is 4.01. The molecule has 2 atom stereocenters. The van der Waals surface area contributed by atoms with E-state index in [1.807, 2.05) is 0 Å². The number of nitrogens with two attached hydrogens (primary N) is 1. The maximum absolute atomic E-state index is 6.45. The van der Waals surface area contributed by atoms with Crippen LogP contribution in [0.25, 0.3) is 0 Å². The summed E-state index contributed by atoms with van der Waals surface area (Å²) in [6.45, 7) is 4.75. The van der Waals surface area contributed by atoms with E-state index in [0.717, 1.165) is 17.9 Å². The lowest BCUT2D eigenvalue weighted by Gasteiger charge is -2.54.